The number of carbonyl (C=O) groups is 1. The van der Waals surface area contributed by atoms with E-state index in [2.05, 4.69) is 10.3 Å². The summed E-state index contributed by atoms with van der Waals surface area (Å²) < 4.78 is 7.17. The van der Waals surface area contributed by atoms with Gasteiger partial charge in [-0.1, -0.05) is 6.07 Å². The minimum absolute atomic E-state index is 0.0847. The average Bonchev–Trinajstić information content (AvgIpc) is 3.41. The fraction of sp³-hybridized carbons (Fsp3) is 0.263. The predicted molar refractivity (Wildman–Crippen MR) is 95.8 cm³/mol. The number of urea groups is 1. The van der Waals surface area contributed by atoms with Gasteiger partial charge in [0.2, 0.25) is 0 Å². The molecule has 6 nitrogen and oxygen atoms in total. The van der Waals surface area contributed by atoms with Crippen LogP contribution in [0.15, 0.2) is 54.9 Å². The fourth-order valence-electron chi connectivity index (χ4n) is 2.90. The van der Waals surface area contributed by atoms with Crippen LogP contribution in [0.4, 0.5) is 10.5 Å². The number of ether oxygens (including phenoxy) is 1. The molecule has 2 heterocycles. The second kappa shape index (κ2) is 6.47. The topological polar surface area (TPSA) is 58.9 Å². The van der Waals surface area contributed by atoms with Crippen molar-refractivity contribution in [3.05, 3.63) is 60.6 Å². The standard InChI is InChI=1S/C19H20N4O2/c1-25-17-9-5-14(6-10-17)21-19(24)23(15-7-8-15)13-16-12-20-18-4-2-3-11-22(16)18/h2-6,9-12,15H,7-8,13H2,1H3,(H,21,24). The third-order valence-electron chi connectivity index (χ3n) is 4.42. The molecule has 0 spiro atoms. The van der Waals surface area contributed by atoms with E-state index in [0.717, 1.165) is 35.6 Å². The molecule has 1 N–H and O–H groups in total. The first-order valence-corrected chi connectivity index (χ1v) is 8.37. The largest absolute Gasteiger partial charge is 0.497 e. The molecule has 128 valence electrons. The molecule has 25 heavy (non-hydrogen) atoms. The van der Waals surface area contributed by atoms with E-state index in [4.69, 9.17) is 4.74 Å². The lowest BCUT2D eigenvalue weighted by molar-refractivity contribution is 0.205. The number of pyridine rings is 1. The van der Waals surface area contributed by atoms with Gasteiger partial charge < -0.3 is 19.4 Å². The highest BCUT2D eigenvalue weighted by atomic mass is 16.5. The maximum atomic E-state index is 12.8. The molecule has 0 aliphatic heterocycles. The molecule has 3 aromatic rings. The fourth-order valence-corrected chi connectivity index (χ4v) is 2.90. The van der Waals surface area contributed by atoms with Gasteiger partial charge in [-0.3, -0.25) is 0 Å². The summed E-state index contributed by atoms with van der Waals surface area (Å²) in [6.45, 7) is 0.540. The number of benzene rings is 1. The van der Waals surface area contributed by atoms with Crippen molar-refractivity contribution in [2.24, 2.45) is 0 Å². The van der Waals surface area contributed by atoms with Gasteiger partial charge in [-0.2, -0.15) is 0 Å². The molecule has 0 saturated heterocycles. The van der Waals surface area contributed by atoms with Crippen molar-refractivity contribution in [2.45, 2.75) is 25.4 Å². The molecule has 1 aliphatic carbocycles. The summed E-state index contributed by atoms with van der Waals surface area (Å²) in [4.78, 5) is 19.1. The SMILES string of the molecule is COc1ccc(NC(=O)N(Cc2cnc3ccccn23)C2CC2)cc1. The van der Waals surface area contributed by atoms with E-state index in [9.17, 15) is 4.79 Å². The van der Waals surface area contributed by atoms with Crippen LogP contribution >= 0.6 is 0 Å². The summed E-state index contributed by atoms with van der Waals surface area (Å²) in [5, 5.41) is 2.98. The summed E-state index contributed by atoms with van der Waals surface area (Å²) in [5.41, 5.74) is 2.66. The summed E-state index contributed by atoms with van der Waals surface area (Å²) in [5.74, 6) is 0.766. The van der Waals surface area contributed by atoms with Crippen molar-refractivity contribution >= 4 is 17.4 Å². The number of rotatable bonds is 5. The van der Waals surface area contributed by atoms with Gasteiger partial charge in [0, 0.05) is 17.9 Å². The molecule has 1 fully saturated rings. The van der Waals surface area contributed by atoms with E-state index in [1.165, 1.54) is 0 Å². The van der Waals surface area contributed by atoms with Crippen LogP contribution in [0.2, 0.25) is 0 Å². The number of nitrogens with one attached hydrogen (secondary N) is 1. The number of aromatic nitrogens is 2. The zero-order valence-corrected chi connectivity index (χ0v) is 14.1. The van der Waals surface area contributed by atoms with Crippen LogP contribution in [-0.4, -0.2) is 33.5 Å². The third-order valence-corrected chi connectivity index (χ3v) is 4.42. The second-order valence-electron chi connectivity index (χ2n) is 6.20. The molecule has 0 bridgehead atoms. The monoisotopic (exact) mass is 336 g/mol. The molecule has 6 heteroatoms. The summed E-state index contributed by atoms with van der Waals surface area (Å²) in [6, 6.07) is 13.5. The molecular weight excluding hydrogens is 316 g/mol. The minimum atomic E-state index is -0.0847. The van der Waals surface area contributed by atoms with E-state index < -0.39 is 0 Å². The number of methoxy groups -OCH3 is 1. The summed E-state index contributed by atoms with van der Waals surface area (Å²) in [6.07, 6.45) is 5.91. The van der Waals surface area contributed by atoms with E-state index >= 15 is 0 Å². The first kappa shape index (κ1) is 15.5. The van der Waals surface area contributed by atoms with Gasteiger partial charge in [-0.25, -0.2) is 9.78 Å². The van der Waals surface area contributed by atoms with Crippen LogP contribution in [0, 0.1) is 0 Å². The zero-order chi connectivity index (χ0) is 17.2. The van der Waals surface area contributed by atoms with Gasteiger partial charge in [0.25, 0.3) is 0 Å². The Kier molecular flexibility index (Phi) is 4.01. The highest BCUT2D eigenvalue weighted by Crippen LogP contribution is 2.29. The van der Waals surface area contributed by atoms with Crippen molar-refractivity contribution in [3.8, 4) is 5.75 Å². The van der Waals surface area contributed by atoms with E-state index in [-0.39, 0.29) is 6.03 Å². The lowest BCUT2D eigenvalue weighted by atomic mass is 10.3. The Labute approximate surface area is 146 Å². The Morgan fingerprint density at radius 2 is 2.08 bits per heavy atom. The summed E-state index contributed by atoms with van der Waals surface area (Å²) >= 11 is 0. The lowest BCUT2D eigenvalue weighted by Crippen LogP contribution is -2.36. The first-order chi connectivity index (χ1) is 12.2. The zero-order valence-electron chi connectivity index (χ0n) is 14.1. The Bertz CT molecular complexity index is 884. The number of hydrogen-bond acceptors (Lipinski definition) is 3. The van der Waals surface area contributed by atoms with Gasteiger partial charge in [-0.15, -0.1) is 0 Å². The Balaban J connectivity index is 1.51. The molecular formula is C19H20N4O2. The normalized spacial score (nSPS) is 13.6. The van der Waals surface area contributed by atoms with E-state index in [0.29, 0.717) is 12.6 Å². The first-order valence-electron chi connectivity index (χ1n) is 8.37. The number of imidazole rings is 1. The molecule has 2 aromatic heterocycles. The Morgan fingerprint density at radius 3 is 2.80 bits per heavy atom. The predicted octanol–water partition coefficient (Wildman–Crippen LogP) is 3.54. The van der Waals surface area contributed by atoms with Gasteiger partial charge in [0.05, 0.1) is 25.5 Å². The second-order valence-corrected chi connectivity index (χ2v) is 6.20. The van der Waals surface area contributed by atoms with Crippen LogP contribution in [0.5, 0.6) is 5.75 Å². The smallest absolute Gasteiger partial charge is 0.322 e. The van der Waals surface area contributed by atoms with Crippen LogP contribution in [-0.2, 0) is 6.54 Å². The molecule has 0 atom stereocenters. The van der Waals surface area contributed by atoms with Gasteiger partial charge in [0.15, 0.2) is 0 Å². The van der Waals surface area contributed by atoms with Crippen molar-refractivity contribution in [1.29, 1.82) is 0 Å². The maximum absolute atomic E-state index is 12.8. The average molecular weight is 336 g/mol. The van der Waals surface area contributed by atoms with Crippen molar-refractivity contribution in [3.63, 3.8) is 0 Å². The Hall–Kier alpha value is -3.02. The molecule has 1 aromatic carbocycles. The number of anilines is 1. The van der Waals surface area contributed by atoms with Crippen LogP contribution in [0.25, 0.3) is 5.65 Å². The van der Waals surface area contributed by atoms with Crippen molar-refractivity contribution in [1.82, 2.24) is 14.3 Å². The number of hydrogen-bond donors (Lipinski definition) is 1. The van der Waals surface area contributed by atoms with Gasteiger partial charge in [-0.05, 0) is 49.2 Å². The third kappa shape index (κ3) is 3.28. The quantitative estimate of drug-likeness (QED) is 0.775. The molecule has 4 rings (SSSR count). The molecule has 0 unspecified atom stereocenters. The molecule has 1 aliphatic rings. The molecule has 2 amide bonds. The van der Waals surface area contributed by atoms with E-state index in [1.54, 1.807) is 7.11 Å². The molecule has 0 radical (unpaired) electrons. The minimum Gasteiger partial charge on any atom is -0.497 e. The van der Waals surface area contributed by atoms with E-state index in [1.807, 2.05) is 64.2 Å². The Morgan fingerprint density at radius 1 is 1.28 bits per heavy atom. The van der Waals surface area contributed by atoms with Crippen LogP contribution < -0.4 is 10.1 Å². The van der Waals surface area contributed by atoms with Crippen LogP contribution in [0.3, 0.4) is 0 Å². The number of fused-ring (bicyclic) bond motifs is 1. The molecule has 1 saturated carbocycles. The number of carbonyl (C=O) groups excluding carboxylic acids is 1. The van der Waals surface area contributed by atoms with Crippen molar-refractivity contribution in [2.75, 3.05) is 12.4 Å². The number of amides is 2. The van der Waals surface area contributed by atoms with Crippen LogP contribution in [0.1, 0.15) is 18.5 Å². The highest BCUT2D eigenvalue weighted by molar-refractivity contribution is 5.89. The summed E-state index contributed by atoms with van der Waals surface area (Å²) in [7, 11) is 1.62. The maximum Gasteiger partial charge on any atom is 0.322 e. The highest BCUT2D eigenvalue weighted by Gasteiger charge is 2.33. The lowest BCUT2D eigenvalue weighted by Gasteiger charge is -2.22. The van der Waals surface area contributed by atoms with Gasteiger partial charge in [0.1, 0.15) is 11.4 Å². The number of nitrogens with zero attached hydrogens (tertiary/aromatic N) is 3. The van der Waals surface area contributed by atoms with Gasteiger partial charge >= 0.3 is 6.03 Å². The van der Waals surface area contributed by atoms with Crippen molar-refractivity contribution < 1.29 is 9.53 Å².